The fourth-order valence-electron chi connectivity index (χ4n) is 2.98. The van der Waals surface area contributed by atoms with Crippen LogP contribution in [0.25, 0.3) is 0 Å². The highest BCUT2D eigenvalue weighted by molar-refractivity contribution is 5.78. The topological polar surface area (TPSA) is 46.2 Å². The summed E-state index contributed by atoms with van der Waals surface area (Å²) in [6.45, 7) is 9.92. The molecule has 1 fully saturated rings. The van der Waals surface area contributed by atoms with Crippen LogP contribution < -0.4 is 5.32 Å². The van der Waals surface area contributed by atoms with E-state index in [0.717, 1.165) is 12.8 Å². The summed E-state index contributed by atoms with van der Waals surface area (Å²) in [6, 6.07) is 0. The largest absolute Gasteiger partial charge is 0.351 e. The van der Waals surface area contributed by atoms with Gasteiger partial charge in [-0.05, 0) is 31.1 Å². The molecule has 1 aliphatic rings. The molecule has 0 bridgehead atoms. The molecule has 0 radical (unpaired) electrons. The summed E-state index contributed by atoms with van der Waals surface area (Å²) < 4.78 is 0. The first kappa shape index (κ1) is 14.2. The van der Waals surface area contributed by atoms with Crippen molar-refractivity contribution in [2.24, 2.45) is 11.3 Å². The maximum absolute atomic E-state index is 11.6. The van der Waals surface area contributed by atoms with Gasteiger partial charge in [0, 0.05) is 25.3 Å². The molecule has 0 aromatic heterocycles. The van der Waals surface area contributed by atoms with Crippen LogP contribution in [0.1, 0.15) is 60.3 Å². The van der Waals surface area contributed by atoms with Gasteiger partial charge in [0.2, 0.25) is 5.91 Å². The molecule has 98 valence electrons. The highest BCUT2D eigenvalue weighted by Gasteiger charge is 2.51. The van der Waals surface area contributed by atoms with Crippen molar-refractivity contribution in [3.63, 3.8) is 0 Å². The highest BCUT2D eigenvalue weighted by atomic mass is 16.1. The summed E-state index contributed by atoms with van der Waals surface area (Å²) in [6.07, 6.45) is 3.25. The monoisotopic (exact) mass is 239 g/mol. The molecule has 1 rings (SSSR count). The summed E-state index contributed by atoms with van der Waals surface area (Å²) in [4.78, 5) is 22.9. The first-order valence-electron chi connectivity index (χ1n) is 6.53. The molecule has 2 atom stereocenters. The average molecular weight is 239 g/mol. The smallest absolute Gasteiger partial charge is 0.217 e. The number of carbonyl (C=O) groups excluding carboxylic acids is 2. The van der Waals surface area contributed by atoms with Crippen LogP contribution in [0, 0.1) is 11.3 Å². The number of hydrogen-bond acceptors (Lipinski definition) is 2. The summed E-state index contributed by atoms with van der Waals surface area (Å²) >= 11 is 0. The van der Waals surface area contributed by atoms with Crippen LogP contribution >= 0.6 is 0 Å². The number of hydrogen-bond donors (Lipinski definition) is 1. The van der Waals surface area contributed by atoms with E-state index >= 15 is 0 Å². The van der Waals surface area contributed by atoms with Crippen LogP contribution in [-0.4, -0.2) is 17.2 Å². The molecule has 0 aliphatic heterocycles. The van der Waals surface area contributed by atoms with Crippen LogP contribution in [0.5, 0.6) is 0 Å². The summed E-state index contributed by atoms with van der Waals surface area (Å²) in [5.74, 6) is 0.727. The Bertz CT molecular complexity index is 322. The van der Waals surface area contributed by atoms with Crippen LogP contribution in [0.3, 0.4) is 0 Å². The molecular formula is C14H25NO2. The van der Waals surface area contributed by atoms with Gasteiger partial charge in [-0.3, -0.25) is 9.59 Å². The number of Topliss-reactive ketones (excluding diaryl/α,β-unsaturated/α-hetero) is 1. The highest BCUT2D eigenvalue weighted by Crippen LogP contribution is 2.51. The molecule has 1 saturated carbocycles. The molecule has 3 heteroatoms. The molecule has 1 N–H and O–H groups in total. The average Bonchev–Trinajstić information content (AvgIpc) is 2.40. The van der Waals surface area contributed by atoms with Gasteiger partial charge in [0.25, 0.3) is 0 Å². The van der Waals surface area contributed by atoms with Crippen molar-refractivity contribution in [2.45, 2.75) is 65.8 Å². The molecule has 0 saturated heterocycles. The first-order valence-corrected chi connectivity index (χ1v) is 6.53. The van der Waals surface area contributed by atoms with Crippen LogP contribution in [0.2, 0.25) is 0 Å². The first-order chi connectivity index (χ1) is 7.73. The quantitative estimate of drug-likeness (QED) is 0.820. The summed E-state index contributed by atoms with van der Waals surface area (Å²) in [5.41, 5.74) is -0.207. The second-order valence-corrected chi connectivity index (χ2v) is 6.07. The van der Waals surface area contributed by atoms with Gasteiger partial charge in [-0.25, -0.2) is 0 Å². The Balaban J connectivity index is 2.81. The third-order valence-electron chi connectivity index (χ3n) is 4.76. The molecular weight excluding hydrogens is 214 g/mol. The third-order valence-corrected chi connectivity index (χ3v) is 4.76. The fourth-order valence-corrected chi connectivity index (χ4v) is 2.98. The zero-order valence-electron chi connectivity index (χ0n) is 11.7. The zero-order chi connectivity index (χ0) is 13.3. The molecule has 3 nitrogen and oxygen atoms in total. The molecule has 17 heavy (non-hydrogen) atoms. The number of carbonyl (C=O) groups is 2. The lowest BCUT2D eigenvalue weighted by molar-refractivity contribution is -0.122. The Kier molecular flexibility index (Phi) is 4.00. The minimum Gasteiger partial charge on any atom is -0.351 e. The Morgan fingerprint density at radius 3 is 2.35 bits per heavy atom. The Morgan fingerprint density at radius 1 is 1.29 bits per heavy atom. The van der Waals surface area contributed by atoms with E-state index < -0.39 is 0 Å². The SMILES string of the molecule is CCC(=O)CC1CCC(C)(NC(C)=O)C1(C)C. The minimum atomic E-state index is -0.183. The Morgan fingerprint density at radius 2 is 1.88 bits per heavy atom. The lowest BCUT2D eigenvalue weighted by Crippen LogP contribution is -2.53. The Hall–Kier alpha value is -0.860. The molecule has 1 amide bonds. The Labute approximate surface area is 104 Å². The lowest BCUT2D eigenvalue weighted by Gasteiger charge is -2.42. The molecule has 1 aliphatic carbocycles. The molecule has 0 aromatic carbocycles. The van der Waals surface area contributed by atoms with Crippen molar-refractivity contribution in [1.82, 2.24) is 5.32 Å². The van der Waals surface area contributed by atoms with Gasteiger partial charge in [0.15, 0.2) is 0 Å². The van der Waals surface area contributed by atoms with Crippen LogP contribution in [0.4, 0.5) is 0 Å². The number of ketones is 1. The van der Waals surface area contributed by atoms with Gasteiger partial charge in [-0.15, -0.1) is 0 Å². The van der Waals surface area contributed by atoms with E-state index in [-0.39, 0.29) is 16.9 Å². The van der Waals surface area contributed by atoms with Crippen LogP contribution in [-0.2, 0) is 9.59 Å². The van der Waals surface area contributed by atoms with Gasteiger partial charge < -0.3 is 5.32 Å². The maximum atomic E-state index is 11.6. The van der Waals surface area contributed by atoms with Crippen molar-refractivity contribution in [2.75, 3.05) is 0 Å². The molecule has 0 spiro atoms. The number of rotatable bonds is 4. The van der Waals surface area contributed by atoms with E-state index in [0.29, 0.717) is 24.5 Å². The normalized spacial score (nSPS) is 31.2. The second kappa shape index (κ2) is 4.79. The molecule has 0 aromatic rings. The van der Waals surface area contributed by atoms with E-state index in [1.807, 2.05) is 6.92 Å². The van der Waals surface area contributed by atoms with E-state index in [2.05, 4.69) is 26.1 Å². The maximum Gasteiger partial charge on any atom is 0.217 e. The molecule has 0 heterocycles. The van der Waals surface area contributed by atoms with Gasteiger partial charge in [-0.1, -0.05) is 20.8 Å². The van der Waals surface area contributed by atoms with E-state index in [4.69, 9.17) is 0 Å². The number of nitrogens with one attached hydrogen (secondary N) is 1. The van der Waals surface area contributed by atoms with E-state index in [1.54, 1.807) is 6.92 Å². The summed E-state index contributed by atoms with van der Waals surface area (Å²) in [5, 5.41) is 3.08. The standard InChI is InChI=1S/C14H25NO2/c1-6-12(17)9-11-7-8-14(5,13(11,3)4)15-10(2)16/h11H,6-9H2,1-5H3,(H,15,16). The summed E-state index contributed by atoms with van der Waals surface area (Å²) in [7, 11) is 0. The minimum absolute atomic E-state index is 0.0167. The predicted octanol–water partition coefficient (Wildman–Crippen LogP) is 2.69. The third kappa shape index (κ3) is 2.70. The second-order valence-electron chi connectivity index (χ2n) is 6.07. The van der Waals surface area contributed by atoms with Gasteiger partial charge in [0.05, 0.1) is 0 Å². The van der Waals surface area contributed by atoms with Crippen molar-refractivity contribution >= 4 is 11.7 Å². The lowest BCUT2D eigenvalue weighted by atomic mass is 9.69. The van der Waals surface area contributed by atoms with Crippen molar-refractivity contribution in [3.8, 4) is 0 Å². The van der Waals surface area contributed by atoms with E-state index in [1.165, 1.54) is 0 Å². The zero-order valence-corrected chi connectivity index (χ0v) is 11.7. The van der Waals surface area contributed by atoms with Gasteiger partial charge in [-0.2, -0.15) is 0 Å². The van der Waals surface area contributed by atoms with E-state index in [9.17, 15) is 9.59 Å². The van der Waals surface area contributed by atoms with Crippen molar-refractivity contribution in [1.29, 1.82) is 0 Å². The van der Waals surface area contributed by atoms with Crippen LogP contribution in [0.15, 0.2) is 0 Å². The van der Waals surface area contributed by atoms with Gasteiger partial charge in [0.1, 0.15) is 5.78 Å². The van der Waals surface area contributed by atoms with Crippen molar-refractivity contribution in [3.05, 3.63) is 0 Å². The number of amides is 1. The van der Waals surface area contributed by atoms with Crippen molar-refractivity contribution < 1.29 is 9.59 Å². The molecule has 2 unspecified atom stereocenters. The fraction of sp³-hybridized carbons (Fsp3) is 0.857. The predicted molar refractivity (Wildman–Crippen MR) is 68.6 cm³/mol. The van der Waals surface area contributed by atoms with Gasteiger partial charge >= 0.3 is 0 Å².